The molecule has 0 saturated carbocycles. The standard InChI is InChI=1S/C38H42N6O5S/c1-25(21-31(45)27-13-8-5-9-14-27)37(50)44-16-10-15-30(44)36(47)40-35-28-23-32(48-2)33(49-3)24-29(28)39-38(41-35)43-19-17-42(18-20-43)34(46)22-26-11-6-4-7-12-26/h4-9,11-14,23-25,30H,10,15-22H2,1-3H3,(H,39,40,41,47)/t25?,30-/m1/s1. The number of benzene rings is 3. The molecule has 2 aliphatic rings. The number of rotatable bonds is 11. The maximum atomic E-state index is 14.0. The molecule has 2 saturated heterocycles. The van der Waals surface area contributed by atoms with Crippen LogP contribution in [-0.2, 0) is 16.0 Å². The number of hydrogen-bond donors (Lipinski definition) is 1. The van der Waals surface area contributed by atoms with Crippen molar-refractivity contribution in [3.05, 3.63) is 83.9 Å². The molecule has 260 valence electrons. The van der Waals surface area contributed by atoms with E-state index >= 15 is 0 Å². The fourth-order valence-corrected chi connectivity index (χ4v) is 6.91. The van der Waals surface area contributed by atoms with Crippen LogP contribution in [0.4, 0.5) is 11.8 Å². The minimum atomic E-state index is -0.510. The molecule has 2 fully saturated rings. The molecule has 1 aromatic heterocycles. The highest BCUT2D eigenvalue weighted by Crippen LogP contribution is 2.36. The summed E-state index contributed by atoms with van der Waals surface area (Å²) in [6.45, 7) is 4.71. The summed E-state index contributed by atoms with van der Waals surface area (Å²) in [4.78, 5) is 56.2. The van der Waals surface area contributed by atoms with Crippen molar-refractivity contribution in [2.24, 2.45) is 5.92 Å². The van der Waals surface area contributed by atoms with Crippen LogP contribution in [0.1, 0.15) is 42.1 Å². The molecular formula is C38H42N6O5S. The first-order valence-corrected chi connectivity index (χ1v) is 17.4. The summed E-state index contributed by atoms with van der Waals surface area (Å²) in [7, 11) is 3.11. The highest BCUT2D eigenvalue weighted by atomic mass is 32.1. The van der Waals surface area contributed by atoms with Gasteiger partial charge >= 0.3 is 0 Å². The third kappa shape index (κ3) is 7.70. The fourth-order valence-electron chi connectivity index (χ4n) is 6.61. The Balaban J connectivity index is 1.20. The fraction of sp³-hybridized carbons (Fsp3) is 0.368. The summed E-state index contributed by atoms with van der Waals surface area (Å²) >= 11 is 5.88. The molecular weight excluding hydrogens is 653 g/mol. The predicted molar refractivity (Wildman–Crippen MR) is 197 cm³/mol. The number of likely N-dealkylation sites (tertiary alicyclic amines) is 1. The lowest BCUT2D eigenvalue weighted by atomic mass is 9.99. The molecule has 1 unspecified atom stereocenters. The maximum absolute atomic E-state index is 14.0. The van der Waals surface area contributed by atoms with E-state index in [4.69, 9.17) is 31.7 Å². The summed E-state index contributed by atoms with van der Waals surface area (Å²) in [6, 6.07) is 22.0. The smallest absolute Gasteiger partial charge is 0.248 e. The Bertz CT molecular complexity index is 1870. The minimum absolute atomic E-state index is 0.0198. The molecule has 3 heterocycles. The van der Waals surface area contributed by atoms with E-state index in [1.54, 1.807) is 38.5 Å². The molecule has 0 bridgehead atoms. The number of ether oxygens (including phenoxy) is 2. The maximum Gasteiger partial charge on any atom is 0.248 e. The third-order valence-electron chi connectivity index (χ3n) is 9.39. The van der Waals surface area contributed by atoms with E-state index in [1.807, 2.05) is 70.2 Å². The number of nitrogens with zero attached hydrogens (tertiary/aromatic N) is 5. The van der Waals surface area contributed by atoms with Crippen molar-refractivity contribution in [3.63, 3.8) is 0 Å². The molecule has 4 aromatic rings. The van der Waals surface area contributed by atoms with Gasteiger partial charge in [-0.2, -0.15) is 4.98 Å². The molecule has 2 aliphatic heterocycles. The van der Waals surface area contributed by atoms with Crippen LogP contribution in [0.15, 0.2) is 72.8 Å². The molecule has 2 atom stereocenters. The Morgan fingerprint density at radius 1 is 0.900 bits per heavy atom. The monoisotopic (exact) mass is 694 g/mol. The van der Waals surface area contributed by atoms with Crippen LogP contribution in [0.25, 0.3) is 10.9 Å². The van der Waals surface area contributed by atoms with Crippen molar-refractivity contribution in [3.8, 4) is 11.5 Å². The Kier molecular flexibility index (Phi) is 10.9. The van der Waals surface area contributed by atoms with Gasteiger partial charge < -0.3 is 29.5 Å². The zero-order valence-corrected chi connectivity index (χ0v) is 29.4. The number of amides is 2. The SMILES string of the molecule is COc1cc2nc(N3CCN(C(=O)Cc4ccccc4)CC3)nc(NC(=O)[C@H]3CCCN3C(=S)C(C)CC(=O)c3ccccc3)c2cc1OC. The minimum Gasteiger partial charge on any atom is -0.493 e. The lowest BCUT2D eigenvalue weighted by Crippen LogP contribution is -2.49. The normalized spacial score (nSPS) is 16.6. The molecule has 1 N–H and O–H groups in total. The number of thiocarbonyl (C=S) groups is 1. The first kappa shape index (κ1) is 34.8. The summed E-state index contributed by atoms with van der Waals surface area (Å²) < 4.78 is 11.1. The number of fused-ring (bicyclic) bond motifs is 1. The first-order valence-electron chi connectivity index (χ1n) is 17.0. The number of ketones is 1. The number of carbonyl (C=O) groups is 3. The first-order chi connectivity index (χ1) is 24.2. The lowest BCUT2D eigenvalue weighted by Gasteiger charge is -2.35. The predicted octanol–water partition coefficient (Wildman–Crippen LogP) is 5.18. The van der Waals surface area contributed by atoms with Gasteiger partial charge in [0.05, 0.1) is 31.1 Å². The van der Waals surface area contributed by atoms with E-state index < -0.39 is 6.04 Å². The Morgan fingerprint density at radius 2 is 1.56 bits per heavy atom. The average molecular weight is 695 g/mol. The van der Waals surface area contributed by atoms with E-state index in [1.165, 1.54) is 0 Å². The topological polar surface area (TPSA) is 117 Å². The number of Topliss-reactive ketones (excluding diaryl/α,β-unsaturated/α-hetero) is 1. The van der Waals surface area contributed by atoms with E-state index in [2.05, 4.69) is 5.32 Å². The molecule has 0 spiro atoms. The van der Waals surface area contributed by atoms with E-state index in [0.717, 1.165) is 12.0 Å². The molecule has 12 heteroatoms. The van der Waals surface area contributed by atoms with Crippen LogP contribution in [0.3, 0.4) is 0 Å². The van der Waals surface area contributed by atoms with Crippen LogP contribution < -0.4 is 19.7 Å². The lowest BCUT2D eigenvalue weighted by molar-refractivity contribution is -0.130. The number of aromatic nitrogens is 2. The molecule has 0 radical (unpaired) electrons. The number of methoxy groups -OCH3 is 2. The van der Waals surface area contributed by atoms with Crippen LogP contribution in [-0.4, -0.2) is 95.3 Å². The quantitative estimate of drug-likeness (QED) is 0.166. The van der Waals surface area contributed by atoms with E-state index in [9.17, 15) is 14.4 Å². The number of anilines is 2. The van der Waals surface area contributed by atoms with Gasteiger partial charge in [0.25, 0.3) is 0 Å². The van der Waals surface area contributed by atoms with E-state index in [-0.39, 0.29) is 29.9 Å². The Hall–Kier alpha value is -5.10. The molecule has 3 aromatic carbocycles. The average Bonchev–Trinajstić information content (AvgIpc) is 3.65. The largest absolute Gasteiger partial charge is 0.493 e. The van der Waals surface area contributed by atoms with Crippen molar-refractivity contribution in [2.75, 3.05) is 57.2 Å². The second-order valence-electron chi connectivity index (χ2n) is 12.7. The summed E-state index contributed by atoms with van der Waals surface area (Å²) in [5.41, 5.74) is 2.22. The van der Waals surface area contributed by atoms with Crippen LogP contribution >= 0.6 is 12.2 Å². The molecule has 50 heavy (non-hydrogen) atoms. The number of nitrogens with one attached hydrogen (secondary N) is 1. The number of hydrogen-bond acceptors (Lipinski definition) is 9. The summed E-state index contributed by atoms with van der Waals surface area (Å²) in [5, 5.41) is 3.70. The third-order valence-corrected chi connectivity index (χ3v) is 10.0. The van der Waals surface area contributed by atoms with Gasteiger partial charge in [-0.15, -0.1) is 0 Å². The van der Waals surface area contributed by atoms with Gasteiger partial charge in [0, 0.05) is 62.1 Å². The summed E-state index contributed by atoms with van der Waals surface area (Å²) in [6.07, 6.45) is 2.04. The van der Waals surface area contributed by atoms with Gasteiger partial charge in [-0.25, -0.2) is 4.98 Å². The van der Waals surface area contributed by atoms with Gasteiger partial charge in [0.1, 0.15) is 11.9 Å². The van der Waals surface area contributed by atoms with Crippen molar-refractivity contribution in [1.82, 2.24) is 19.8 Å². The second-order valence-corrected chi connectivity index (χ2v) is 13.1. The zero-order valence-electron chi connectivity index (χ0n) is 28.6. The highest BCUT2D eigenvalue weighted by Gasteiger charge is 2.35. The van der Waals surface area contributed by atoms with Gasteiger partial charge in [0.15, 0.2) is 17.3 Å². The van der Waals surface area contributed by atoms with Gasteiger partial charge in [-0.05, 0) is 24.5 Å². The zero-order chi connectivity index (χ0) is 35.2. The van der Waals surface area contributed by atoms with Crippen molar-refractivity contribution >= 4 is 57.5 Å². The van der Waals surface area contributed by atoms with Crippen molar-refractivity contribution in [2.45, 2.75) is 38.6 Å². The molecule has 0 aliphatic carbocycles. The van der Waals surface area contributed by atoms with Crippen LogP contribution in [0.2, 0.25) is 0 Å². The second kappa shape index (κ2) is 15.6. The number of carbonyl (C=O) groups excluding carboxylic acids is 3. The van der Waals surface area contributed by atoms with Crippen LogP contribution in [0, 0.1) is 5.92 Å². The number of piperazine rings is 1. The van der Waals surface area contributed by atoms with Gasteiger partial charge in [0.2, 0.25) is 17.8 Å². The van der Waals surface area contributed by atoms with E-state index in [0.29, 0.717) is 90.3 Å². The highest BCUT2D eigenvalue weighted by molar-refractivity contribution is 7.80. The summed E-state index contributed by atoms with van der Waals surface area (Å²) in [5.74, 6) is 1.44. The van der Waals surface area contributed by atoms with Crippen molar-refractivity contribution < 1.29 is 23.9 Å². The van der Waals surface area contributed by atoms with Crippen molar-refractivity contribution in [1.29, 1.82) is 0 Å². The Labute approximate surface area is 297 Å². The Morgan fingerprint density at radius 3 is 2.24 bits per heavy atom. The molecule has 6 rings (SSSR count). The van der Waals surface area contributed by atoms with Gasteiger partial charge in [-0.3, -0.25) is 14.4 Å². The molecule has 2 amide bonds. The van der Waals surface area contributed by atoms with Gasteiger partial charge in [-0.1, -0.05) is 79.8 Å². The molecule has 11 nitrogen and oxygen atoms in total. The van der Waals surface area contributed by atoms with Crippen LogP contribution in [0.5, 0.6) is 11.5 Å².